The number of halogens is 1. The van der Waals surface area contributed by atoms with Crippen molar-refractivity contribution in [3.8, 4) is 5.75 Å². The first-order chi connectivity index (χ1) is 15.3. The van der Waals surface area contributed by atoms with Gasteiger partial charge < -0.3 is 20.0 Å². The molecule has 7 heteroatoms. The number of likely N-dealkylation sites (N-methyl/N-ethyl adjacent to an activating group) is 1. The first-order valence-corrected chi connectivity index (χ1v) is 10.6. The Morgan fingerprint density at radius 2 is 1.72 bits per heavy atom. The van der Waals surface area contributed by atoms with E-state index in [1.807, 2.05) is 31.1 Å². The van der Waals surface area contributed by atoms with Gasteiger partial charge in [0.1, 0.15) is 11.5 Å². The Hall–Kier alpha value is -3.35. The molecule has 1 atom stereocenters. The summed E-state index contributed by atoms with van der Waals surface area (Å²) in [6.07, 6.45) is 0. The number of phenols is 1. The van der Waals surface area contributed by atoms with Crippen molar-refractivity contribution in [3.05, 3.63) is 82.4 Å². The molecule has 0 saturated carbocycles. The predicted molar refractivity (Wildman–Crippen MR) is 125 cm³/mol. The summed E-state index contributed by atoms with van der Waals surface area (Å²) < 4.78 is 0. The number of benzene rings is 3. The SMILES string of the molecule is CN(C)CCN1C(=O)C(=O)C(=C(O)c2ccc3ccccc3c2O)[C@@H]1c1ccc(Cl)cc1. The van der Waals surface area contributed by atoms with E-state index in [2.05, 4.69) is 0 Å². The number of carbonyl (C=O) groups is 2. The minimum Gasteiger partial charge on any atom is -0.507 e. The molecule has 1 amide bonds. The Morgan fingerprint density at radius 3 is 2.41 bits per heavy atom. The van der Waals surface area contributed by atoms with Crippen molar-refractivity contribution >= 4 is 39.8 Å². The molecule has 2 N–H and O–H groups in total. The average Bonchev–Trinajstić information content (AvgIpc) is 3.03. The van der Waals surface area contributed by atoms with E-state index >= 15 is 0 Å². The first kappa shape index (κ1) is 21.9. The Kier molecular flexibility index (Phi) is 5.91. The van der Waals surface area contributed by atoms with Gasteiger partial charge in [-0.1, -0.05) is 54.1 Å². The molecule has 3 aromatic rings. The Balaban J connectivity index is 1.90. The van der Waals surface area contributed by atoms with E-state index in [9.17, 15) is 19.8 Å². The van der Waals surface area contributed by atoms with Crippen LogP contribution in [-0.2, 0) is 9.59 Å². The van der Waals surface area contributed by atoms with Gasteiger partial charge in [0.05, 0.1) is 17.2 Å². The van der Waals surface area contributed by atoms with Gasteiger partial charge in [-0.05, 0) is 43.2 Å². The normalized spacial score (nSPS) is 18.1. The van der Waals surface area contributed by atoms with Gasteiger partial charge in [-0.3, -0.25) is 9.59 Å². The monoisotopic (exact) mass is 450 g/mol. The molecule has 1 aliphatic heterocycles. The molecule has 0 radical (unpaired) electrons. The van der Waals surface area contributed by atoms with Gasteiger partial charge in [-0.15, -0.1) is 0 Å². The number of nitrogens with zero attached hydrogens (tertiary/aromatic N) is 2. The van der Waals surface area contributed by atoms with Crippen molar-refractivity contribution in [1.82, 2.24) is 9.80 Å². The fourth-order valence-corrected chi connectivity index (χ4v) is 4.13. The van der Waals surface area contributed by atoms with E-state index in [1.165, 1.54) is 4.90 Å². The van der Waals surface area contributed by atoms with Gasteiger partial charge in [-0.2, -0.15) is 0 Å². The summed E-state index contributed by atoms with van der Waals surface area (Å²) in [7, 11) is 3.75. The summed E-state index contributed by atoms with van der Waals surface area (Å²) >= 11 is 6.04. The van der Waals surface area contributed by atoms with Crippen LogP contribution in [0.3, 0.4) is 0 Å². The van der Waals surface area contributed by atoms with Crippen molar-refractivity contribution in [3.63, 3.8) is 0 Å². The summed E-state index contributed by atoms with van der Waals surface area (Å²) in [6.45, 7) is 0.837. The molecule has 0 aromatic heterocycles. The highest BCUT2D eigenvalue weighted by Gasteiger charge is 2.46. The van der Waals surface area contributed by atoms with E-state index in [-0.39, 0.29) is 16.9 Å². The highest BCUT2D eigenvalue weighted by atomic mass is 35.5. The van der Waals surface area contributed by atoms with Gasteiger partial charge in [0.25, 0.3) is 11.7 Å². The number of aromatic hydroxyl groups is 1. The maximum atomic E-state index is 13.1. The van der Waals surface area contributed by atoms with Crippen LogP contribution < -0.4 is 0 Å². The lowest BCUT2D eigenvalue weighted by Crippen LogP contribution is -2.35. The second-order valence-electron chi connectivity index (χ2n) is 8.03. The number of aliphatic hydroxyl groups is 1. The van der Waals surface area contributed by atoms with Crippen LogP contribution in [-0.4, -0.2) is 58.9 Å². The molecule has 32 heavy (non-hydrogen) atoms. The molecule has 164 valence electrons. The summed E-state index contributed by atoms with van der Waals surface area (Å²) in [5.74, 6) is -2.02. The third-order valence-corrected chi connectivity index (χ3v) is 5.92. The smallest absolute Gasteiger partial charge is 0.295 e. The summed E-state index contributed by atoms with van der Waals surface area (Å²) in [6, 6.07) is 16.5. The van der Waals surface area contributed by atoms with Gasteiger partial charge in [-0.25, -0.2) is 0 Å². The summed E-state index contributed by atoms with van der Waals surface area (Å²) in [5.41, 5.74) is 0.698. The van der Waals surface area contributed by atoms with Crippen molar-refractivity contribution in [2.45, 2.75) is 6.04 Å². The number of fused-ring (bicyclic) bond motifs is 1. The molecule has 1 saturated heterocycles. The van der Waals surface area contributed by atoms with Crippen LogP contribution in [0.4, 0.5) is 0 Å². The number of ketones is 1. The van der Waals surface area contributed by atoms with Gasteiger partial charge in [0.2, 0.25) is 0 Å². The van der Waals surface area contributed by atoms with Gasteiger partial charge in [0, 0.05) is 23.5 Å². The lowest BCUT2D eigenvalue weighted by Gasteiger charge is -2.26. The van der Waals surface area contributed by atoms with E-state index in [0.717, 1.165) is 5.39 Å². The second-order valence-corrected chi connectivity index (χ2v) is 8.47. The number of phenolic OH excluding ortho intramolecular Hbond substituents is 1. The molecule has 0 bridgehead atoms. The zero-order valence-electron chi connectivity index (χ0n) is 17.7. The third kappa shape index (κ3) is 3.83. The quantitative estimate of drug-likeness (QED) is 0.346. The minimum atomic E-state index is -0.793. The number of carbonyl (C=O) groups excluding carboxylic acids is 2. The number of amides is 1. The first-order valence-electron chi connectivity index (χ1n) is 10.2. The summed E-state index contributed by atoms with van der Waals surface area (Å²) in [4.78, 5) is 29.4. The molecule has 6 nitrogen and oxygen atoms in total. The predicted octanol–water partition coefficient (Wildman–Crippen LogP) is 4.18. The van der Waals surface area contributed by atoms with Crippen molar-refractivity contribution < 1.29 is 19.8 Å². The van der Waals surface area contributed by atoms with Gasteiger partial charge in [0.15, 0.2) is 0 Å². The molecule has 0 spiro atoms. The zero-order valence-corrected chi connectivity index (χ0v) is 18.5. The lowest BCUT2D eigenvalue weighted by molar-refractivity contribution is -0.140. The molecule has 0 aliphatic carbocycles. The Bertz CT molecular complexity index is 1230. The van der Waals surface area contributed by atoms with E-state index in [1.54, 1.807) is 48.5 Å². The standard InChI is InChI=1S/C25H23ClN2O4/c1-27(2)13-14-28-21(16-7-10-17(26)11-8-16)20(24(31)25(28)32)23(30)19-12-9-15-5-3-4-6-18(15)22(19)29/h3-12,21,29-30H,13-14H2,1-2H3/t21-/m0/s1. The molecule has 4 rings (SSSR count). The van der Waals surface area contributed by atoms with E-state index in [4.69, 9.17) is 11.6 Å². The highest BCUT2D eigenvalue weighted by Crippen LogP contribution is 2.42. The minimum absolute atomic E-state index is 0.0540. The number of hydrogen-bond donors (Lipinski definition) is 2. The average molecular weight is 451 g/mol. The summed E-state index contributed by atoms with van der Waals surface area (Å²) in [5, 5.41) is 23.9. The number of likely N-dealkylation sites (tertiary alicyclic amines) is 1. The molecule has 1 aliphatic rings. The largest absolute Gasteiger partial charge is 0.507 e. The molecule has 0 unspecified atom stereocenters. The highest BCUT2D eigenvalue weighted by molar-refractivity contribution is 6.46. The third-order valence-electron chi connectivity index (χ3n) is 5.67. The topological polar surface area (TPSA) is 81.1 Å². The number of rotatable bonds is 5. The van der Waals surface area contributed by atoms with Crippen LogP contribution in [0.5, 0.6) is 5.75 Å². The zero-order chi connectivity index (χ0) is 23.0. The molecule has 1 fully saturated rings. The Labute approximate surface area is 190 Å². The molecule has 1 heterocycles. The van der Waals surface area contributed by atoms with Crippen LogP contribution in [0, 0.1) is 0 Å². The number of hydrogen-bond acceptors (Lipinski definition) is 5. The fourth-order valence-electron chi connectivity index (χ4n) is 4.00. The van der Waals surface area contributed by atoms with Crippen LogP contribution in [0.2, 0.25) is 5.02 Å². The van der Waals surface area contributed by atoms with Crippen molar-refractivity contribution in [2.24, 2.45) is 0 Å². The second kappa shape index (κ2) is 8.65. The van der Waals surface area contributed by atoms with Crippen LogP contribution >= 0.6 is 11.6 Å². The fraction of sp³-hybridized carbons (Fsp3) is 0.200. The van der Waals surface area contributed by atoms with Crippen LogP contribution in [0.15, 0.2) is 66.2 Å². The van der Waals surface area contributed by atoms with Crippen molar-refractivity contribution in [1.29, 1.82) is 0 Å². The van der Waals surface area contributed by atoms with Crippen molar-refractivity contribution in [2.75, 3.05) is 27.2 Å². The Morgan fingerprint density at radius 1 is 1.03 bits per heavy atom. The maximum absolute atomic E-state index is 13.1. The van der Waals surface area contributed by atoms with Crippen LogP contribution in [0.1, 0.15) is 17.2 Å². The molecule has 3 aromatic carbocycles. The van der Waals surface area contributed by atoms with E-state index < -0.39 is 23.5 Å². The lowest BCUT2D eigenvalue weighted by atomic mass is 9.94. The van der Waals surface area contributed by atoms with Crippen LogP contribution in [0.25, 0.3) is 16.5 Å². The van der Waals surface area contributed by atoms with Gasteiger partial charge >= 0.3 is 0 Å². The molecular weight excluding hydrogens is 428 g/mol. The van der Waals surface area contributed by atoms with E-state index in [0.29, 0.717) is 29.1 Å². The molecular formula is C25H23ClN2O4. The maximum Gasteiger partial charge on any atom is 0.295 e. The number of Topliss-reactive ketones (excluding diaryl/α,β-unsaturated/α-hetero) is 1. The number of aliphatic hydroxyl groups excluding tert-OH is 1.